The van der Waals surface area contributed by atoms with Gasteiger partial charge < -0.3 is 10.6 Å². The third-order valence-electron chi connectivity index (χ3n) is 2.71. The molecular formula is C12H8FIN2OS. The normalized spacial score (nSPS) is 17.9. The van der Waals surface area contributed by atoms with Gasteiger partial charge in [0.15, 0.2) is 0 Å². The van der Waals surface area contributed by atoms with Crippen molar-refractivity contribution in [3.63, 3.8) is 0 Å². The first-order chi connectivity index (χ1) is 8.65. The number of nitrogens with one attached hydrogen (secondary N) is 2. The van der Waals surface area contributed by atoms with E-state index in [1.54, 1.807) is 6.07 Å². The highest BCUT2D eigenvalue weighted by molar-refractivity contribution is 14.1. The number of hydrogen-bond acceptors (Lipinski definition) is 3. The van der Waals surface area contributed by atoms with Crippen LogP contribution in [-0.4, -0.2) is 5.91 Å². The molecule has 2 aromatic rings. The highest BCUT2D eigenvalue weighted by Crippen LogP contribution is 2.35. The predicted molar refractivity (Wildman–Crippen MR) is 78.4 cm³/mol. The molecule has 1 atom stereocenters. The van der Waals surface area contributed by atoms with Gasteiger partial charge in [0, 0.05) is 10.9 Å². The van der Waals surface area contributed by atoms with Crippen LogP contribution in [0.5, 0.6) is 0 Å². The van der Waals surface area contributed by atoms with Gasteiger partial charge in [-0.1, -0.05) is 6.07 Å². The van der Waals surface area contributed by atoms with Gasteiger partial charge in [-0.15, -0.1) is 11.3 Å². The molecule has 0 fully saturated rings. The van der Waals surface area contributed by atoms with Crippen molar-refractivity contribution in [2.45, 2.75) is 6.04 Å². The monoisotopic (exact) mass is 374 g/mol. The molecule has 1 aliphatic rings. The number of amides is 1. The summed E-state index contributed by atoms with van der Waals surface area (Å²) in [4.78, 5) is 12.9. The Hall–Kier alpha value is -1.15. The second-order valence-electron chi connectivity index (χ2n) is 3.89. The quantitative estimate of drug-likeness (QED) is 0.749. The molecule has 0 bridgehead atoms. The standard InChI is InChI=1S/C12H8FIN2OS/c13-6-4-8-9(5-7(6)14)16-12(17)11(15-8)10-2-1-3-18-10/h1-5,11,15H,(H,16,17). The van der Waals surface area contributed by atoms with Gasteiger partial charge in [-0.2, -0.15) is 0 Å². The fraction of sp³-hybridized carbons (Fsp3) is 0.0833. The van der Waals surface area contributed by atoms with Gasteiger partial charge in [-0.3, -0.25) is 4.79 Å². The lowest BCUT2D eigenvalue weighted by atomic mass is 10.1. The van der Waals surface area contributed by atoms with Crippen molar-refractivity contribution in [3.8, 4) is 0 Å². The number of rotatable bonds is 1. The molecule has 6 heteroatoms. The first kappa shape index (κ1) is 11.9. The molecule has 2 heterocycles. The second kappa shape index (κ2) is 4.51. The van der Waals surface area contributed by atoms with Crippen LogP contribution in [0.2, 0.25) is 0 Å². The maximum atomic E-state index is 13.5. The summed E-state index contributed by atoms with van der Waals surface area (Å²) in [6, 6.07) is 6.37. The van der Waals surface area contributed by atoms with E-state index in [1.165, 1.54) is 17.4 Å². The largest absolute Gasteiger partial charge is 0.368 e. The van der Waals surface area contributed by atoms with Crippen LogP contribution in [-0.2, 0) is 4.79 Å². The minimum atomic E-state index is -0.447. The van der Waals surface area contributed by atoms with E-state index >= 15 is 0 Å². The van der Waals surface area contributed by atoms with Gasteiger partial charge in [0.2, 0.25) is 0 Å². The zero-order valence-electron chi connectivity index (χ0n) is 9.04. The summed E-state index contributed by atoms with van der Waals surface area (Å²) < 4.78 is 14.0. The van der Waals surface area contributed by atoms with E-state index in [0.717, 1.165) is 4.88 Å². The summed E-state index contributed by atoms with van der Waals surface area (Å²) in [5, 5.41) is 7.78. The summed E-state index contributed by atoms with van der Waals surface area (Å²) in [6.07, 6.45) is 0. The Morgan fingerprint density at radius 3 is 2.89 bits per heavy atom. The number of benzene rings is 1. The average molecular weight is 374 g/mol. The lowest BCUT2D eigenvalue weighted by molar-refractivity contribution is -0.117. The number of carbonyl (C=O) groups excluding carboxylic acids is 1. The summed E-state index contributed by atoms with van der Waals surface area (Å²) in [6.45, 7) is 0. The van der Waals surface area contributed by atoms with E-state index in [2.05, 4.69) is 10.6 Å². The molecule has 1 aliphatic heterocycles. The maximum absolute atomic E-state index is 13.5. The van der Waals surface area contributed by atoms with E-state index in [4.69, 9.17) is 0 Å². The van der Waals surface area contributed by atoms with Crippen molar-refractivity contribution in [1.82, 2.24) is 0 Å². The second-order valence-corrected chi connectivity index (χ2v) is 6.04. The zero-order valence-corrected chi connectivity index (χ0v) is 12.0. The Morgan fingerprint density at radius 1 is 1.33 bits per heavy atom. The molecule has 3 nitrogen and oxygen atoms in total. The highest BCUT2D eigenvalue weighted by atomic mass is 127. The molecule has 0 aliphatic carbocycles. The molecule has 92 valence electrons. The number of halogens is 2. The smallest absolute Gasteiger partial charge is 0.252 e. The molecule has 0 radical (unpaired) electrons. The minimum absolute atomic E-state index is 0.118. The van der Waals surface area contributed by atoms with E-state index in [0.29, 0.717) is 14.9 Å². The fourth-order valence-corrected chi connectivity index (χ4v) is 3.09. The molecule has 1 aromatic heterocycles. The Labute approximate surface area is 121 Å². The molecule has 0 saturated heterocycles. The number of carbonyl (C=O) groups is 1. The number of anilines is 2. The van der Waals surface area contributed by atoms with Crippen LogP contribution in [0.25, 0.3) is 0 Å². The average Bonchev–Trinajstić information content (AvgIpc) is 2.84. The van der Waals surface area contributed by atoms with Crippen LogP contribution < -0.4 is 10.6 Å². The molecule has 3 rings (SSSR count). The summed E-state index contributed by atoms with van der Waals surface area (Å²) in [7, 11) is 0. The SMILES string of the molecule is O=C1Nc2cc(I)c(F)cc2NC1c1cccs1. The van der Waals surface area contributed by atoms with Gasteiger partial charge in [-0.25, -0.2) is 4.39 Å². The molecule has 2 N–H and O–H groups in total. The van der Waals surface area contributed by atoms with Crippen LogP contribution >= 0.6 is 33.9 Å². The fourth-order valence-electron chi connectivity index (χ4n) is 1.85. The summed E-state index contributed by atoms with van der Waals surface area (Å²) >= 11 is 3.40. The van der Waals surface area contributed by atoms with Gasteiger partial charge in [0.25, 0.3) is 5.91 Å². The Kier molecular flexibility index (Phi) is 2.98. The lowest BCUT2D eigenvalue weighted by Gasteiger charge is -2.26. The van der Waals surface area contributed by atoms with Crippen molar-refractivity contribution in [1.29, 1.82) is 0 Å². The maximum Gasteiger partial charge on any atom is 0.252 e. The Balaban J connectivity index is 2.01. The van der Waals surface area contributed by atoms with Gasteiger partial charge in [-0.05, 0) is 40.1 Å². The van der Waals surface area contributed by atoms with Crippen LogP contribution in [0.3, 0.4) is 0 Å². The molecule has 0 spiro atoms. The van der Waals surface area contributed by atoms with Crippen molar-refractivity contribution >= 4 is 51.2 Å². The number of fused-ring (bicyclic) bond motifs is 1. The molecule has 1 aromatic carbocycles. The van der Waals surface area contributed by atoms with Crippen molar-refractivity contribution in [2.24, 2.45) is 0 Å². The predicted octanol–water partition coefficient (Wildman–Crippen LogP) is 3.60. The minimum Gasteiger partial charge on any atom is -0.368 e. The third-order valence-corrected chi connectivity index (χ3v) is 4.47. The lowest BCUT2D eigenvalue weighted by Crippen LogP contribution is -2.31. The highest BCUT2D eigenvalue weighted by Gasteiger charge is 2.28. The van der Waals surface area contributed by atoms with E-state index in [-0.39, 0.29) is 11.7 Å². The summed E-state index contributed by atoms with van der Waals surface area (Å²) in [5.41, 5.74) is 1.24. The van der Waals surface area contributed by atoms with Crippen LogP contribution in [0, 0.1) is 9.39 Å². The van der Waals surface area contributed by atoms with Gasteiger partial charge in [0.05, 0.1) is 14.9 Å². The van der Waals surface area contributed by atoms with Crippen LogP contribution in [0.1, 0.15) is 10.9 Å². The van der Waals surface area contributed by atoms with Crippen LogP contribution in [0.15, 0.2) is 29.6 Å². The van der Waals surface area contributed by atoms with Crippen molar-refractivity contribution in [2.75, 3.05) is 10.6 Å². The number of thiophene rings is 1. The van der Waals surface area contributed by atoms with E-state index in [9.17, 15) is 9.18 Å². The van der Waals surface area contributed by atoms with Crippen molar-refractivity contribution in [3.05, 3.63) is 43.9 Å². The third kappa shape index (κ3) is 1.99. The van der Waals surface area contributed by atoms with Gasteiger partial charge >= 0.3 is 0 Å². The molecule has 1 unspecified atom stereocenters. The molecular weight excluding hydrogens is 366 g/mol. The molecule has 18 heavy (non-hydrogen) atoms. The van der Waals surface area contributed by atoms with Crippen molar-refractivity contribution < 1.29 is 9.18 Å². The Bertz CT molecular complexity index is 615. The zero-order chi connectivity index (χ0) is 12.7. The topological polar surface area (TPSA) is 41.1 Å². The van der Waals surface area contributed by atoms with E-state index < -0.39 is 6.04 Å². The molecule has 1 amide bonds. The van der Waals surface area contributed by atoms with E-state index in [1.807, 2.05) is 40.1 Å². The van der Waals surface area contributed by atoms with Gasteiger partial charge in [0.1, 0.15) is 11.9 Å². The number of hydrogen-bond donors (Lipinski definition) is 2. The van der Waals surface area contributed by atoms with Crippen LogP contribution in [0.4, 0.5) is 15.8 Å². The first-order valence-corrected chi connectivity index (χ1v) is 7.21. The summed E-state index contributed by atoms with van der Waals surface area (Å²) in [5.74, 6) is -0.407. The first-order valence-electron chi connectivity index (χ1n) is 5.25. The Morgan fingerprint density at radius 2 is 2.17 bits per heavy atom. The molecule has 0 saturated carbocycles.